The molecule has 1 aromatic rings. The molecule has 0 fully saturated rings. The zero-order valence-electron chi connectivity index (χ0n) is 10.0. The van der Waals surface area contributed by atoms with Gasteiger partial charge in [-0.2, -0.15) is 13.2 Å². The van der Waals surface area contributed by atoms with E-state index in [1.165, 1.54) is 7.11 Å². The maximum absolute atomic E-state index is 13.4. The molecule has 0 aromatic carbocycles. The summed E-state index contributed by atoms with van der Waals surface area (Å²) in [5, 5.41) is 2.89. The highest BCUT2D eigenvalue weighted by Crippen LogP contribution is 2.29. The van der Waals surface area contributed by atoms with Crippen molar-refractivity contribution in [2.24, 2.45) is 0 Å². The largest absolute Gasteiger partial charge is 0.417 e. The van der Waals surface area contributed by atoms with Crippen LogP contribution in [0.3, 0.4) is 0 Å². The molecule has 0 radical (unpaired) electrons. The van der Waals surface area contributed by atoms with Gasteiger partial charge in [-0.1, -0.05) is 0 Å². The van der Waals surface area contributed by atoms with E-state index < -0.39 is 17.6 Å². The topological polar surface area (TPSA) is 34.1 Å². The number of pyridine rings is 1. The Morgan fingerprint density at radius 3 is 2.61 bits per heavy atom. The molecule has 0 spiro atoms. The smallest absolute Gasteiger partial charge is 0.383 e. The number of hydrogen-bond donors (Lipinski definition) is 1. The highest BCUT2D eigenvalue weighted by Gasteiger charge is 2.31. The number of hydrogen-bond acceptors (Lipinski definition) is 3. The van der Waals surface area contributed by atoms with Crippen molar-refractivity contribution in [3.05, 3.63) is 29.3 Å². The van der Waals surface area contributed by atoms with Crippen LogP contribution in [0.5, 0.6) is 0 Å². The number of nitrogens with zero attached hydrogens (tertiary/aromatic N) is 1. The summed E-state index contributed by atoms with van der Waals surface area (Å²) in [6.45, 7) is 2.28. The first-order chi connectivity index (χ1) is 8.34. The summed E-state index contributed by atoms with van der Waals surface area (Å²) in [5.41, 5.74) is -1.14. The van der Waals surface area contributed by atoms with Gasteiger partial charge >= 0.3 is 6.18 Å². The van der Waals surface area contributed by atoms with Crippen LogP contribution in [-0.2, 0) is 17.5 Å². The molecular weight excluding hydrogens is 252 g/mol. The predicted molar refractivity (Wildman–Crippen MR) is 57.4 cm³/mol. The second-order valence-corrected chi connectivity index (χ2v) is 3.89. The summed E-state index contributed by atoms with van der Waals surface area (Å²) in [5.74, 6) is -0.970. The minimum Gasteiger partial charge on any atom is -0.383 e. The molecule has 18 heavy (non-hydrogen) atoms. The molecule has 0 aliphatic rings. The van der Waals surface area contributed by atoms with Crippen LogP contribution in [0.25, 0.3) is 0 Å². The first kappa shape index (κ1) is 14.8. The Morgan fingerprint density at radius 2 is 2.11 bits per heavy atom. The average Bonchev–Trinajstić information content (AvgIpc) is 2.26. The van der Waals surface area contributed by atoms with E-state index in [9.17, 15) is 17.6 Å². The van der Waals surface area contributed by atoms with Gasteiger partial charge in [-0.05, 0) is 13.0 Å². The molecule has 1 heterocycles. The maximum Gasteiger partial charge on any atom is 0.417 e. The highest BCUT2D eigenvalue weighted by molar-refractivity contribution is 5.18. The molecule has 0 aliphatic heterocycles. The van der Waals surface area contributed by atoms with Gasteiger partial charge < -0.3 is 10.1 Å². The fourth-order valence-corrected chi connectivity index (χ4v) is 1.33. The van der Waals surface area contributed by atoms with E-state index in [1.54, 1.807) is 0 Å². The van der Waals surface area contributed by atoms with Crippen LogP contribution in [0.15, 0.2) is 12.3 Å². The lowest BCUT2D eigenvalue weighted by Gasteiger charge is -2.13. The summed E-state index contributed by atoms with van der Waals surface area (Å²) in [6, 6.07) is 0.406. The van der Waals surface area contributed by atoms with Crippen LogP contribution in [0.4, 0.5) is 17.6 Å². The van der Waals surface area contributed by atoms with Crippen molar-refractivity contribution in [1.82, 2.24) is 10.3 Å². The van der Waals surface area contributed by atoms with Gasteiger partial charge in [-0.15, -0.1) is 0 Å². The minimum absolute atomic E-state index is 0.0431. The number of halogens is 4. The average molecular weight is 266 g/mol. The molecule has 102 valence electrons. The third-order valence-electron chi connectivity index (χ3n) is 2.28. The normalized spacial score (nSPS) is 13.7. The number of alkyl halides is 3. The molecular formula is C11H14F4N2O. The van der Waals surface area contributed by atoms with E-state index in [0.29, 0.717) is 18.9 Å². The fourth-order valence-electron chi connectivity index (χ4n) is 1.33. The summed E-state index contributed by atoms with van der Waals surface area (Å²) in [6.07, 6.45) is -3.95. The third kappa shape index (κ3) is 4.23. The van der Waals surface area contributed by atoms with Crippen molar-refractivity contribution in [3.63, 3.8) is 0 Å². The molecule has 1 N–H and O–H groups in total. The summed E-state index contributed by atoms with van der Waals surface area (Å²) >= 11 is 0. The van der Waals surface area contributed by atoms with Gasteiger partial charge in [-0.25, -0.2) is 4.39 Å². The minimum atomic E-state index is -4.58. The van der Waals surface area contributed by atoms with Crippen molar-refractivity contribution >= 4 is 0 Å². The highest BCUT2D eigenvalue weighted by atomic mass is 19.4. The Kier molecular flexibility index (Phi) is 5.03. The monoisotopic (exact) mass is 266 g/mol. The van der Waals surface area contributed by atoms with Crippen molar-refractivity contribution in [2.45, 2.75) is 25.7 Å². The number of methoxy groups -OCH3 is 1. The molecule has 0 saturated carbocycles. The molecule has 0 bridgehead atoms. The zero-order valence-corrected chi connectivity index (χ0v) is 10.0. The SMILES string of the molecule is COCC(C)NCc1ncc(C(F)(F)F)cc1F. The number of aromatic nitrogens is 1. The maximum atomic E-state index is 13.4. The van der Waals surface area contributed by atoms with Crippen LogP contribution < -0.4 is 5.32 Å². The molecule has 0 saturated heterocycles. The van der Waals surface area contributed by atoms with Crippen LogP contribution in [0, 0.1) is 5.82 Å². The zero-order chi connectivity index (χ0) is 13.8. The standard InChI is InChI=1S/C11H14F4N2O/c1-7(6-18-2)16-5-10-9(12)3-8(4-17-10)11(13,14)15/h3-4,7,16H,5-6H2,1-2H3. The Hall–Kier alpha value is -1.21. The lowest BCUT2D eigenvalue weighted by molar-refractivity contribution is -0.138. The Labute approximate surface area is 102 Å². The summed E-state index contributed by atoms with van der Waals surface area (Å²) < 4.78 is 55.1. The molecule has 0 aliphatic carbocycles. The van der Waals surface area contributed by atoms with Gasteiger partial charge in [0.05, 0.1) is 17.9 Å². The molecule has 1 unspecified atom stereocenters. The molecule has 1 atom stereocenters. The first-order valence-corrected chi connectivity index (χ1v) is 5.28. The number of nitrogens with one attached hydrogen (secondary N) is 1. The van der Waals surface area contributed by atoms with Crippen molar-refractivity contribution in [3.8, 4) is 0 Å². The lowest BCUT2D eigenvalue weighted by atomic mass is 10.2. The van der Waals surface area contributed by atoms with Crippen LogP contribution >= 0.6 is 0 Å². The van der Waals surface area contributed by atoms with Crippen LogP contribution in [-0.4, -0.2) is 24.7 Å². The molecule has 1 aromatic heterocycles. The number of rotatable bonds is 5. The number of ether oxygens (including phenoxy) is 1. The van der Waals surface area contributed by atoms with Gasteiger partial charge in [0.1, 0.15) is 5.82 Å². The second kappa shape index (κ2) is 6.10. The lowest BCUT2D eigenvalue weighted by Crippen LogP contribution is -2.30. The van der Waals surface area contributed by atoms with Crippen LogP contribution in [0.2, 0.25) is 0 Å². The van der Waals surface area contributed by atoms with Crippen molar-refractivity contribution < 1.29 is 22.3 Å². The van der Waals surface area contributed by atoms with Crippen molar-refractivity contribution in [1.29, 1.82) is 0 Å². The Bertz CT molecular complexity index is 395. The van der Waals surface area contributed by atoms with E-state index in [2.05, 4.69) is 10.3 Å². The summed E-state index contributed by atoms with van der Waals surface area (Å²) in [7, 11) is 1.52. The van der Waals surface area contributed by atoms with E-state index in [4.69, 9.17) is 4.74 Å². The molecule has 3 nitrogen and oxygen atoms in total. The predicted octanol–water partition coefficient (Wildman–Crippen LogP) is 2.36. The Morgan fingerprint density at radius 1 is 1.44 bits per heavy atom. The van der Waals surface area contributed by atoms with Crippen molar-refractivity contribution in [2.75, 3.05) is 13.7 Å². The molecule has 1 rings (SSSR count). The fraction of sp³-hybridized carbons (Fsp3) is 0.545. The van der Waals surface area contributed by atoms with Gasteiger partial charge in [0.2, 0.25) is 0 Å². The quantitative estimate of drug-likeness (QED) is 0.831. The second-order valence-electron chi connectivity index (χ2n) is 3.89. The Balaban J connectivity index is 2.69. The van der Waals surface area contributed by atoms with E-state index >= 15 is 0 Å². The van der Waals surface area contributed by atoms with Gasteiger partial charge in [0.15, 0.2) is 0 Å². The van der Waals surface area contributed by atoms with Gasteiger partial charge in [-0.3, -0.25) is 4.98 Å². The van der Waals surface area contributed by atoms with E-state index in [0.717, 1.165) is 0 Å². The van der Waals surface area contributed by atoms with Gasteiger partial charge in [0, 0.05) is 25.9 Å². The first-order valence-electron chi connectivity index (χ1n) is 5.28. The van der Waals surface area contributed by atoms with Crippen LogP contribution in [0.1, 0.15) is 18.2 Å². The summed E-state index contributed by atoms with van der Waals surface area (Å²) in [4.78, 5) is 3.48. The van der Waals surface area contributed by atoms with E-state index in [-0.39, 0.29) is 18.3 Å². The van der Waals surface area contributed by atoms with E-state index in [1.807, 2.05) is 6.92 Å². The third-order valence-corrected chi connectivity index (χ3v) is 2.28. The molecule has 7 heteroatoms. The molecule has 0 amide bonds. The van der Waals surface area contributed by atoms with Gasteiger partial charge in [0.25, 0.3) is 0 Å².